The van der Waals surface area contributed by atoms with E-state index < -0.39 is 0 Å². The molecule has 0 unspecified atom stereocenters. The van der Waals surface area contributed by atoms with Crippen molar-refractivity contribution < 1.29 is 19.0 Å². The fourth-order valence-corrected chi connectivity index (χ4v) is 5.26. The van der Waals surface area contributed by atoms with Gasteiger partial charge in [-0.1, -0.05) is 18.2 Å². The number of carbonyl (C=O) groups is 1. The summed E-state index contributed by atoms with van der Waals surface area (Å²) in [6, 6.07) is 13.4. The molecule has 0 radical (unpaired) electrons. The van der Waals surface area contributed by atoms with Gasteiger partial charge < -0.3 is 24.8 Å². The van der Waals surface area contributed by atoms with Crippen LogP contribution in [-0.4, -0.2) is 26.7 Å². The van der Waals surface area contributed by atoms with Gasteiger partial charge in [-0.25, -0.2) is 0 Å². The maximum absolute atomic E-state index is 13.4. The van der Waals surface area contributed by atoms with Crippen LogP contribution in [0.1, 0.15) is 39.7 Å². The Bertz CT molecular complexity index is 1110. The van der Waals surface area contributed by atoms with E-state index in [0.717, 1.165) is 41.0 Å². The zero-order valence-corrected chi connectivity index (χ0v) is 19.4. The second-order valence-electron chi connectivity index (χ2n) is 7.49. The van der Waals surface area contributed by atoms with Crippen molar-refractivity contribution in [1.82, 2.24) is 0 Å². The molecule has 1 aromatic heterocycles. The lowest BCUT2D eigenvalue weighted by molar-refractivity contribution is 0.102. The number of thiophene rings is 1. The van der Waals surface area contributed by atoms with Gasteiger partial charge in [0.2, 0.25) is 0 Å². The maximum atomic E-state index is 13.4. The number of rotatable bonds is 9. The molecule has 4 rings (SSSR count). The lowest BCUT2D eigenvalue weighted by Crippen LogP contribution is -2.16. The van der Waals surface area contributed by atoms with Crippen molar-refractivity contribution in [3.05, 3.63) is 64.0 Å². The average Bonchev–Trinajstić information content (AvgIpc) is 3.39. The van der Waals surface area contributed by atoms with E-state index in [-0.39, 0.29) is 5.91 Å². The van der Waals surface area contributed by atoms with Gasteiger partial charge in [0.05, 0.1) is 32.1 Å². The normalized spacial score (nSPS) is 12.2. The van der Waals surface area contributed by atoms with E-state index in [1.54, 1.807) is 25.6 Å². The number of para-hydroxylation sites is 2. The molecule has 32 heavy (non-hydrogen) atoms. The first kappa shape index (κ1) is 22.0. The maximum Gasteiger partial charge on any atom is 0.259 e. The van der Waals surface area contributed by atoms with Crippen molar-refractivity contribution >= 4 is 27.9 Å². The number of nitrogens with one attached hydrogen (secondary N) is 2. The number of benzene rings is 2. The molecule has 2 aromatic carbocycles. The molecular weight excluding hydrogens is 424 g/mol. The van der Waals surface area contributed by atoms with Crippen LogP contribution in [-0.2, 0) is 19.4 Å². The number of carbonyl (C=O) groups excluding carboxylic acids is 1. The molecule has 0 atom stereocenters. The summed E-state index contributed by atoms with van der Waals surface area (Å²) in [6.45, 7) is 3.05. The molecule has 1 aliphatic carbocycles. The van der Waals surface area contributed by atoms with Crippen LogP contribution >= 0.6 is 11.3 Å². The van der Waals surface area contributed by atoms with E-state index in [2.05, 4.69) is 10.6 Å². The van der Waals surface area contributed by atoms with Crippen LogP contribution in [0, 0.1) is 0 Å². The first-order valence-corrected chi connectivity index (χ1v) is 11.6. The lowest BCUT2D eigenvalue weighted by atomic mass is 10.1. The van der Waals surface area contributed by atoms with E-state index in [1.807, 2.05) is 49.4 Å². The highest BCUT2D eigenvalue weighted by molar-refractivity contribution is 7.16. The highest BCUT2D eigenvalue weighted by Gasteiger charge is 2.27. The van der Waals surface area contributed by atoms with Crippen molar-refractivity contribution in [3.8, 4) is 17.2 Å². The van der Waals surface area contributed by atoms with Crippen LogP contribution in [0.4, 0.5) is 10.7 Å². The summed E-state index contributed by atoms with van der Waals surface area (Å²) < 4.78 is 16.4. The monoisotopic (exact) mass is 452 g/mol. The van der Waals surface area contributed by atoms with Crippen LogP contribution in [0.3, 0.4) is 0 Å². The number of hydrogen-bond donors (Lipinski definition) is 2. The summed E-state index contributed by atoms with van der Waals surface area (Å²) in [7, 11) is 3.25. The Labute approximate surface area is 192 Å². The highest BCUT2D eigenvalue weighted by atomic mass is 32.1. The standard InChI is InChI=1S/C25H28N2O4S/c1-4-31-19-10-6-5-9-18(19)27-24(28)23-17-8-7-11-22(17)32-25(23)26-15-16-12-13-20(29-2)21(14-16)30-3/h5-6,9-10,12-14,26H,4,7-8,11,15H2,1-3H3,(H,27,28). The van der Waals surface area contributed by atoms with Crippen LogP contribution in [0.2, 0.25) is 0 Å². The molecule has 6 nitrogen and oxygen atoms in total. The Morgan fingerprint density at radius 3 is 2.62 bits per heavy atom. The molecule has 0 fully saturated rings. The highest BCUT2D eigenvalue weighted by Crippen LogP contribution is 2.40. The predicted octanol–water partition coefficient (Wildman–Crippen LogP) is 5.52. The van der Waals surface area contributed by atoms with Crippen molar-refractivity contribution in [2.75, 3.05) is 31.5 Å². The fourth-order valence-electron chi connectivity index (χ4n) is 3.98. The number of amides is 1. The van der Waals surface area contributed by atoms with E-state index in [0.29, 0.717) is 36.1 Å². The van der Waals surface area contributed by atoms with Crippen LogP contribution in [0.5, 0.6) is 17.2 Å². The Morgan fingerprint density at radius 1 is 1.03 bits per heavy atom. The summed E-state index contributed by atoms with van der Waals surface area (Å²) in [6.07, 6.45) is 3.04. The van der Waals surface area contributed by atoms with Gasteiger partial charge >= 0.3 is 0 Å². The molecule has 1 aliphatic rings. The quantitative estimate of drug-likeness (QED) is 0.448. The smallest absolute Gasteiger partial charge is 0.259 e. The number of anilines is 2. The zero-order valence-electron chi connectivity index (χ0n) is 18.6. The minimum absolute atomic E-state index is 0.105. The number of methoxy groups -OCH3 is 2. The van der Waals surface area contributed by atoms with Crippen LogP contribution in [0.25, 0.3) is 0 Å². The van der Waals surface area contributed by atoms with Gasteiger partial charge in [0.15, 0.2) is 11.5 Å². The summed E-state index contributed by atoms with van der Waals surface area (Å²) in [5.74, 6) is 1.95. The minimum atomic E-state index is -0.105. The third-order valence-electron chi connectivity index (χ3n) is 5.48. The van der Waals surface area contributed by atoms with Gasteiger partial charge in [-0.05, 0) is 61.6 Å². The Kier molecular flexibility index (Phi) is 6.85. The van der Waals surface area contributed by atoms with Gasteiger partial charge in [-0.3, -0.25) is 4.79 Å². The molecule has 2 N–H and O–H groups in total. The van der Waals surface area contributed by atoms with Crippen molar-refractivity contribution in [1.29, 1.82) is 0 Å². The first-order valence-electron chi connectivity index (χ1n) is 10.8. The summed E-state index contributed by atoms with van der Waals surface area (Å²) in [5.41, 5.74) is 3.64. The molecule has 0 aliphatic heterocycles. The predicted molar refractivity (Wildman–Crippen MR) is 129 cm³/mol. The number of aryl methyl sites for hydroxylation is 1. The largest absolute Gasteiger partial charge is 0.493 e. The molecule has 0 bridgehead atoms. The number of fused-ring (bicyclic) bond motifs is 1. The van der Waals surface area contributed by atoms with Gasteiger partial charge in [0, 0.05) is 11.4 Å². The van der Waals surface area contributed by atoms with Crippen LogP contribution < -0.4 is 24.8 Å². The van der Waals surface area contributed by atoms with Crippen molar-refractivity contribution in [3.63, 3.8) is 0 Å². The van der Waals surface area contributed by atoms with Crippen molar-refractivity contribution in [2.45, 2.75) is 32.7 Å². The van der Waals surface area contributed by atoms with E-state index in [1.165, 1.54) is 4.88 Å². The molecular formula is C25H28N2O4S. The Balaban J connectivity index is 1.57. The Hall–Kier alpha value is -3.19. The van der Waals surface area contributed by atoms with E-state index in [9.17, 15) is 4.79 Å². The van der Waals surface area contributed by atoms with Gasteiger partial charge in [-0.15, -0.1) is 11.3 Å². The number of ether oxygens (including phenoxy) is 3. The first-order chi connectivity index (χ1) is 15.6. The summed E-state index contributed by atoms with van der Waals surface area (Å²) in [5, 5.41) is 7.45. The molecule has 0 saturated heterocycles. The second-order valence-corrected chi connectivity index (χ2v) is 8.59. The topological polar surface area (TPSA) is 68.8 Å². The van der Waals surface area contributed by atoms with E-state index in [4.69, 9.17) is 14.2 Å². The SMILES string of the molecule is CCOc1ccccc1NC(=O)c1c(NCc2ccc(OC)c(OC)c2)sc2c1CCC2. The number of hydrogen-bond acceptors (Lipinski definition) is 6. The summed E-state index contributed by atoms with van der Waals surface area (Å²) >= 11 is 1.68. The molecule has 0 saturated carbocycles. The molecule has 168 valence electrons. The Morgan fingerprint density at radius 2 is 1.84 bits per heavy atom. The van der Waals surface area contributed by atoms with Gasteiger partial charge in [0.25, 0.3) is 5.91 Å². The molecule has 1 amide bonds. The van der Waals surface area contributed by atoms with Gasteiger partial charge in [0.1, 0.15) is 10.8 Å². The average molecular weight is 453 g/mol. The van der Waals surface area contributed by atoms with Crippen LogP contribution in [0.15, 0.2) is 42.5 Å². The van der Waals surface area contributed by atoms with Gasteiger partial charge in [-0.2, -0.15) is 0 Å². The second kappa shape index (κ2) is 9.96. The minimum Gasteiger partial charge on any atom is -0.493 e. The van der Waals surface area contributed by atoms with Crippen molar-refractivity contribution in [2.24, 2.45) is 0 Å². The summed E-state index contributed by atoms with van der Waals surface area (Å²) in [4.78, 5) is 14.7. The zero-order chi connectivity index (χ0) is 22.5. The van der Waals surface area contributed by atoms with E-state index >= 15 is 0 Å². The lowest BCUT2D eigenvalue weighted by Gasteiger charge is -2.14. The molecule has 0 spiro atoms. The molecule has 3 aromatic rings. The molecule has 7 heteroatoms. The third kappa shape index (κ3) is 4.53. The molecule has 1 heterocycles. The fraction of sp³-hybridized carbons (Fsp3) is 0.320. The third-order valence-corrected chi connectivity index (χ3v) is 6.73.